The zero-order valence-corrected chi connectivity index (χ0v) is 18.0. The van der Waals surface area contributed by atoms with Gasteiger partial charge >= 0.3 is 0 Å². The van der Waals surface area contributed by atoms with E-state index in [1.807, 2.05) is 18.2 Å². The highest BCUT2D eigenvalue weighted by Gasteiger charge is 2.22. The van der Waals surface area contributed by atoms with Crippen LogP contribution in [0.4, 0.5) is 0 Å². The number of aliphatic hydroxyl groups is 1. The number of benzene rings is 2. The van der Waals surface area contributed by atoms with Crippen LogP contribution in [0.5, 0.6) is 0 Å². The fraction of sp³-hybridized carbons (Fsp3) is 0.200. The lowest BCUT2D eigenvalue weighted by molar-refractivity contribution is 0.0911. The number of halogens is 1. The van der Waals surface area contributed by atoms with E-state index in [1.54, 1.807) is 48.0 Å². The van der Waals surface area contributed by atoms with E-state index in [0.717, 1.165) is 4.47 Å². The second kappa shape index (κ2) is 9.82. The number of hydrogen-bond donors (Lipinski definition) is 2. The Morgan fingerprint density at radius 2 is 1.79 bits per heavy atom. The average molecular weight is 475 g/mol. The molecule has 3 rings (SSSR count). The average Bonchev–Trinajstić information content (AvgIpc) is 3.11. The van der Waals surface area contributed by atoms with Gasteiger partial charge in [0.15, 0.2) is 16.8 Å². The fourth-order valence-electron chi connectivity index (χ4n) is 2.63. The van der Waals surface area contributed by atoms with Crippen LogP contribution < -0.4 is 5.32 Å². The lowest BCUT2D eigenvalue weighted by atomic mass is 10.2. The van der Waals surface area contributed by atoms with Crippen LogP contribution in [-0.2, 0) is 7.05 Å². The third-order valence-electron chi connectivity index (χ3n) is 4.20. The van der Waals surface area contributed by atoms with Gasteiger partial charge in [0, 0.05) is 22.6 Å². The van der Waals surface area contributed by atoms with Crippen LogP contribution in [0.1, 0.15) is 32.6 Å². The molecule has 1 heterocycles. The van der Waals surface area contributed by atoms with E-state index < -0.39 is 6.04 Å². The normalized spacial score (nSPS) is 11.8. The summed E-state index contributed by atoms with van der Waals surface area (Å²) in [4.78, 5) is 24.7. The SMILES string of the molecule is Cn1c(SCC(=O)c2ccc(Br)cc2)nnc1C(CO)NC(=O)c1ccccc1. The van der Waals surface area contributed by atoms with E-state index in [9.17, 15) is 14.7 Å². The van der Waals surface area contributed by atoms with Crippen LogP contribution in [0.25, 0.3) is 0 Å². The molecule has 1 atom stereocenters. The zero-order valence-electron chi connectivity index (χ0n) is 15.6. The number of Topliss-reactive ketones (excluding diaryl/α,β-unsaturated/α-hetero) is 1. The molecule has 0 spiro atoms. The molecule has 0 aliphatic rings. The minimum atomic E-state index is -0.711. The van der Waals surface area contributed by atoms with E-state index in [2.05, 4.69) is 31.4 Å². The monoisotopic (exact) mass is 474 g/mol. The third kappa shape index (κ3) is 5.31. The van der Waals surface area contributed by atoms with Crippen molar-refractivity contribution in [2.24, 2.45) is 7.05 Å². The molecular formula is C20H19BrN4O3S. The number of amides is 1. The van der Waals surface area contributed by atoms with Gasteiger partial charge in [0.25, 0.3) is 5.91 Å². The molecule has 9 heteroatoms. The first kappa shape index (κ1) is 21.2. The van der Waals surface area contributed by atoms with E-state index in [1.165, 1.54) is 11.8 Å². The summed E-state index contributed by atoms with van der Waals surface area (Å²) < 4.78 is 2.58. The van der Waals surface area contributed by atoms with Gasteiger partial charge < -0.3 is 15.0 Å². The van der Waals surface area contributed by atoms with Gasteiger partial charge in [-0.15, -0.1) is 10.2 Å². The van der Waals surface area contributed by atoms with Gasteiger partial charge in [-0.2, -0.15) is 0 Å². The number of ketones is 1. The van der Waals surface area contributed by atoms with Crippen molar-refractivity contribution in [1.29, 1.82) is 0 Å². The van der Waals surface area contributed by atoms with E-state index in [-0.39, 0.29) is 24.1 Å². The second-order valence-electron chi connectivity index (χ2n) is 6.19. The molecule has 0 saturated heterocycles. The molecule has 1 aromatic heterocycles. The van der Waals surface area contributed by atoms with Gasteiger partial charge in [0.2, 0.25) is 0 Å². The molecule has 29 heavy (non-hydrogen) atoms. The Labute approximate surface area is 180 Å². The van der Waals surface area contributed by atoms with Crippen molar-refractivity contribution in [2.45, 2.75) is 11.2 Å². The van der Waals surface area contributed by atoms with Crippen molar-refractivity contribution in [3.8, 4) is 0 Å². The number of nitrogens with one attached hydrogen (secondary N) is 1. The summed E-state index contributed by atoms with van der Waals surface area (Å²) in [7, 11) is 1.74. The number of hydrogen-bond acceptors (Lipinski definition) is 6. The number of carbonyl (C=O) groups excluding carboxylic acids is 2. The highest BCUT2D eigenvalue weighted by Crippen LogP contribution is 2.21. The lowest BCUT2D eigenvalue weighted by Crippen LogP contribution is -2.32. The summed E-state index contributed by atoms with van der Waals surface area (Å²) in [5, 5.41) is 21.2. The highest BCUT2D eigenvalue weighted by molar-refractivity contribution is 9.10. The van der Waals surface area contributed by atoms with Crippen LogP contribution >= 0.6 is 27.7 Å². The molecule has 3 aromatic rings. The highest BCUT2D eigenvalue weighted by atomic mass is 79.9. The van der Waals surface area contributed by atoms with Crippen LogP contribution in [0, 0.1) is 0 Å². The van der Waals surface area contributed by atoms with Crippen LogP contribution in [0.2, 0.25) is 0 Å². The van der Waals surface area contributed by atoms with Crippen molar-refractivity contribution < 1.29 is 14.7 Å². The van der Waals surface area contributed by atoms with Crippen molar-refractivity contribution in [3.05, 3.63) is 76.0 Å². The van der Waals surface area contributed by atoms with Gasteiger partial charge in [-0.05, 0) is 24.3 Å². The predicted molar refractivity (Wildman–Crippen MR) is 114 cm³/mol. The Balaban J connectivity index is 1.66. The summed E-state index contributed by atoms with van der Waals surface area (Å²) in [5.74, 6) is 0.277. The first-order chi connectivity index (χ1) is 14.0. The van der Waals surface area contributed by atoms with Crippen LogP contribution in [-0.4, -0.2) is 43.9 Å². The van der Waals surface area contributed by atoms with Crippen molar-refractivity contribution >= 4 is 39.4 Å². The molecule has 2 N–H and O–H groups in total. The Hall–Kier alpha value is -2.49. The van der Waals surface area contributed by atoms with Gasteiger partial charge in [-0.1, -0.05) is 58.0 Å². The van der Waals surface area contributed by atoms with Gasteiger partial charge in [0.1, 0.15) is 6.04 Å². The molecule has 2 aromatic carbocycles. The maximum atomic E-state index is 12.4. The fourth-order valence-corrected chi connectivity index (χ4v) is 3.70. The van der Waals surface area contributed by atoms with Crippen molar-refractivity contribution in [2.75, 3.05) is 12.4 Å². The molecule has 0 bridgehead atoms. The minimum absolute atomic E-state index is 0.0249. The Kier molecular flexibility index (Phi) is 7.18. The standard InChI is InChI=1S/C20H19BrN4O3S/c1-25-18(16(11-26)22-19(28)14-5-3-2-4-6-14)23-24-20(25)29-12-17(27)13-7-9-15(21)10-8-13/h2-10,16,26H,11-12H2,1H3,(H,22,28). The number of nitrogens with zero attached hydrogens (tertiary/aromatic N) is 3. The third-order valence-corrected chi connectivity index (χ3v) is 5.75. The molecule has 0 fully saturated rings. The van der Waals surface area contributed by atoms with E-state index in [4.69, 9.17) is 0 Å². The molecule has 150 valence electrons. The second-order valence-corrected chi connectivity index (χ2v) is 8.05. The number of carbonyl (C=O) groups is 2. The van der Waals surface area contributed by atoms with Crippen molar-refractivity contribution in [1.82, 2.24) is 20.1 Å². The Morgan fingerprint density at radius 1 is 1.10 bits per heavy atom. The summed E-state index contributed by atoms with van der Waals surface area (Å²) in [6, 6.07) is 15.2. The Bertz CT molecular complexity index is 993. The molecule has 0 saturated carbocycles. The molecule has 1 unspecified atom stereocenters. The van der Waals surface area contributed by atoms with Crippen LogP contribution in [0.3, 0.4) is 0 Å². The first-order valence-corrected chi connectivity index (χ1v) is 10.5. The Morgan fingerprint density at radius 3 is 2.45 bits per heavy atom. The van der Waals surface area contributed by atoms with E-state index >= 15 is 0 Å². The summed E-state index contributed by atoms with van der Waals surface area (Å²) >= 11 is 4.60. The van der Waals surface area contributed by atoms with E-state index in [0.29, 0.717) is 22.1 Å². The quantitative estimate of drug-likeness (QED) is 0.384. The maximum absolute atomic E-state index is 12.4. The molecule has 7 nitrogen and oxygen atoms in total. The minimum Gasteiger partial charge on any atom is -0.394 e. The van der Waals surface area contributed by atoms with Gasteiger partial charge in [-0.25, -0.2) is 0 Å². The molecule has 0 aliphatic carbocycles. The number of thioether (sulfide) groups is 1. The molecular weight excluding hydrogens is 456 g/mol. The number of aromatic nitrogens is 3. The van der Waals surface area contributed by atoms with Gasteiger partial charge in [0.05, 0.1) is 12.4 Å². The topological polar surface area (TPSA) is 97.1 Å². The molecule has 0 aliphatic heterocycles. The largest absolute Gasteiger partial charge is 0.394 e. The summed E-state index contributed by atoms with van der Waals surface area (Å²) in [5.41, 5.74) is 1.11. The maximum Gasteiger partial charge on any atom is 0.251 e. The smallest absolute Gasteiger partial charge is 0.251 e. The van der Waals surface area contributed by atoms with Crippen molar-refractivity contribution in [3.63, 3.8) is 0 Å². The first-order valence-electron chi connectivity index (χ1n) is 8.77. The molecule has 1 amide bonds. The van der Waals surface area contributed by atoms with Gasteiger partial charge in [-0.3, -0.25) is 9.59 Å². The number of rotatable bonds is 8. The summed E-state index contributed by atoms with van der Waals surface area (Å²) in [6.45, 7) is -0.326. The summed E-state index contributed by atoms with van der Waals surface area (Å²) in [6.07, 6.45) is 0. The zero-order chi connectivity index (χ0) is 20.8. The number of aliphatic hydroxyl groups excluding tert-OH is 1. The predicted octanol–water partition coefficient (Wildman–Crippen LogP) is 3.02. The molecule has 0 radical (unpaired) electrons. The van der Waals surface area contributed by atoms with Crippen LogP contribution in [0.15, 0.2) is 64.2 Å². The lowest BCUT2D eigenvalue weighted by Gasteiger charge is -2.15.